The summed E-state index contributed by atoms with van der Waals surface area (Å²) in [6.07, 6.45) is 3.46. The summed E-state index contributed by atoms with van der Waals surface area (Å²) >= 11 is 0. The van der Waals surface area contributed by atoms with Crippen molar-refractivity contribution in [3.8, 4) is 0 Å². The zero-order chi connectivity index (χ0) is 19.8. The summed E-state index contributed by atoms with van der Waals surface area (Å²) in [7, 11) is 0. The summed E-state index contributed by atoms with van der Waals surface area (Å²) in [6, 6.07) is 0. The number of carboxylic acids is 2. The van der Waals surface area contributed by atoms with Gasteiger partial charge in [0.15, 0.2) is 0 Å². The van der Waals surface area contributed by atoms with E-state index in [1.54, 1.807) is 0 Å². The Labute approximate surface area is 143 Å². The molecule has 0 aromatic heterocycles. The molecule has 0 saturated heterocycles. The molecule has 0 aromatic carbocycles. The van der Waals surface area contributed by atoms with Crippen LogP contribution in [-0.4, -0.2) is 70.0 Å². The highest BCUT2D eigenvalue weighted by molar-refractivity contribution is 5.79. The molecule has 0 aliphatic heterocycles. The smallest absolute Gasteiger partial charge is 0.327 e. The van der Waals surface area contributed by atoms with E-state index < -0.39 is 18.0 Å². The minimum absolute atomic E-state index is 0.0677. The van der Waals surface area contributed by atoms with Gasteiger partial charge in [0.05, 0.1) is 12.7 Å². The normalized spacial score (nSPS) is 9.54. The van der Waals surface area contributed by atoms with E-state index in [1.165, 1.54) is 0 Å². The summed E-state index contributed by atoms with van der Waals surface area (Å²) in [4.78, 5) is 18.5. The molecule has 0 heterocycles. The van der Waals surface area contributed by atoms with Crippen LogP contribution in [0.25, 0.3) is 0 Å². The van der Waals surface area contributed by atoms with E-state index in [1.807, 2.05) is 0 Å². The van der Waals surface area contributed by atoms with Gasteiger partial charge in [-0.2, -0.15) is 0 Å². The number of aliphatic carboxylic acids is 2. The average Bonchev–Trinajstić information content (AvgIpc) is 2.57. The summed E-state index contributed by atoms with van der Waals surface area (Å²) < 4.78 is 5.13. The molecule has 0 aromatic rings. The van der Waals surface area contributed by atoms with Gasteiger partial charge in [-0.05, 0) is 19.3 Å². The zero-order valence-electron chi connectivity index (χ0n) is 14.6. The number of carboxylic acid groups (broad SMARTS) is 2. The lowest BCUT2D eigenvalue weighted by atomic mass is 10.3. The van der Waals surface area contributed by atoms with Gasteiger partial charge in [0.25, 0.3) is 0 Å². The maximum Gasteiger partial charge on any atom is 0.327 e. The van der Waals surface area contributed by atoms with Crippen LogP contribution < -0.4 is 0 Å². The number of hydrogen-bond donors (Lipinski definition) is 5. The van der Waals surface area contributed by atoms with Crippen molar-refractivity contribution in [2.75, 3.05) is 26.4 Å². The minimum atomic E-state index is -0.981. The molecular weight excluding hydrogens is 320 g/mol. The standard InChI is InChI=1S/C6H14O.C4H10O3.2C3H4O2/c1-3-5-7-6-4-2;5-2-1-4(7)3-6;2*1-2-3(4)5/h3-6H2,1-2H3;4-7H,1-3H2;2*2H,1H2,(H,4,5). The van der Waals surface area contributed by atoms with E-state index in [-0.39, 0.29) is 19.6 Å². The lowest BCUT2D eigenvalue weighted by Crippen LogP contribution is -2.12. The fourth-order valence-electron chi connectivity index (χ4n) is 0.631. The first-order valence-corrected chi connectivity index (χ1v) is 7.45. The Bertz CT molecular complexity index is 270. The lowest BCUT2D eigenvalue weighted by Gasteiger charge is -2.00. The highest BCUT2D eigenvalue weighted by Crippen LogP contribution is 1.85. The van der Waals surface area contributed by atoms with Crippen molar-refractivity contribution in [2.45, 2.75) is 39.2 Å². The van der Waals surface area contributed by atoms with Crippen LogP contribution in [0.4, 0.5) is 0 Å². The third-order valence-corrected chi connectivity index (χ3v) is 1.72. The Morgan fingerprint density at radius 2 is 1.33 bits per heavy atom. The highest BCUT2D eigenvalue weighted by Gasteiger charge is 1.96. The van der Waals surface area contributed by atoms with Gasteiger partial charge in [-0.15, -0.1) is 0 Å². The molecule has 0 rings (SSSR count). The van der Waals surface area contributed by atoms with Crippen LogP contribution in [0.1, 0.15) is 33.1 Å². The maximum atomic E-state index is 9.25. The van der Waals surface area contributed by atoms with Gasteiger partial charge in [-0.1, -0.05) is 27.0 Å². The van der Waals surface area contributed by atoms with Gasteiger partial charge in [-0.3, -0.25) is 0 Å². The summed E-state index contributed by atoms with van der Waals surface area (Å²) in [5.41, 5.74) is 0. The number of aliphatic hydroxyl groups excluding tert-OH is 3. The van der Waals surface area contributed by atoms with Crippen molar-refractivity contribution in [1.29, 1.82) is 0 Å². The molecule has 0 fully saturated rings. The SMILES string of the molecule is C=CC(=O)O.C=CC(=O)O.CCCOCCC.OCCC(O)CO. The summed E-state index contributed by atoms with van der Waals surface area (Å²) in [5.74, 6) is -1.96. The summed E-state index contributed by atoms with van der Waals surface area (Å²) in [5, 5.41) is 39.9. The Balaban J connectivity index is -0.000000113. The van der Waals surface area contributed by atoms with E-state index in [2.05, 4.69) is 27.0 Å². The first-order valence-electron chi connectivity index (χ1n) is 7.45. The fourth-order valence-corrected chi connectivity index (χ4v) is 0.631. The lowest BCUT2D eigenvalue weighted by molar-refractivity contribution is -0.132. The van der Waals surface area contributed by atoms with Gasteiger partial charge in [-0.25, -0.2) is 9.59 Å². The van der Waals surface area contributed by atoms with Crippen LogP contribution in [0.5, 0.6) is 0 Å². The molecule has 0 aliphatic carbocycles. The molecule has 1 atom stereocenters. The molecule has 0 saturated carbocycles. The largest absolute Gasteiger partial charge is 0.478 e. The molecule has 1 unspecified atom stereocenters. The Morgan fingerprint density at radius 3 is 1.46 bits per heavy atom. The van der Waals surface area contributed by atoms with E-state index in [0.29, 0.717) is 0 Å². The molecule has 24 heavy (non-hydrogen) atoms. The van der Waals surface area contributed by atoms with Crippen LogP contribution in [0.15, 0.2) is 25.3 Å². The second-order valence-electron chi connectivity index (χ2n) is 4.05. The van der Waals surface area contributed by atoms with E-state index >= 15 is 0 Å². The molecule has 8 heteroatoms. The van der Waals surface area contributed by atoms with Crippen molar-refractivity contribution in [2.24, 2.45) is 0 Å². The zero-order valence-corrected chi connectivity index (χ0v) is 14.6. The van der Waals surface area contributed by atoms with Crippen LogP contribution in [-0.2, 0) is 14.3 Å². The van der Waals surface area contributed by atoms with Gasteiger partial charge in [0.1, 0.15) is 0 Å². The average molecular weight is 352 g/mol. The predicted molar refractivity (Wildman–Crippen MR) is 91.9 cm³/mol. The van der Waals surface area contributed by atoms with Crippen LogP contribution in [0.2, 0.25) is 0 Å². The highest BCUT2D eigenvalue weighted by atomic mass is 16.5. The summed E-state index contributed by atoms with van der Waals surface area (Å²) in [6.45, 7) is 11.7. The minimum Gasteiger partial charge on any atom is -0.478 e. The van der Waals surface area contributed by atoms with Crippen molar-refractivity contribution in [1.82, 2.24) is 0 Å². The monoisotopic (exact) mass is 352 g/mol. The van der Waals surface area contributed by atoms with Crippen LogP contribution in [0, 0.1) is 0 Å². The molecular formula is C16H32O8. The Kier molecular flexibility index (Phi) is 36.8. The number of hydrogen-bond acceptors (Lipinski definition) is 6. The van der Waals surface area contributed by atoms with Gasteiger partial charge in [0.2, 0.25) is 0 Å². The Hall–Kier alpha value is -1.74. The van der Waals surface area contributed by atoms with Crippen LogP contribution in [0.3, 0.4) is 0 Å². The molecule has 8 nitrogen and oxygen atoms in total. The quantitative estimate of drug-likeness (QED) is 0.306. The predicted octanol–water partition coefficient (Wildman–Crippen LogP) is 1.06. The molecule has 0 amide bonds. The number of aliphatic hydroxyl groups is 3. The van der Waals surface area contributed by atoms with Crippen molar-refractivity contribution < 1.29 is 39.9 Å². The number of rotatable bonds is 9. The van der Waals surface area contributed by atoms with Gasteiger partial charge < -0.3 is 30.3 Å². The first-order chi connectivity index (χ1) is 11.3. The van der Waals surface area contributed by atoms with Gasteiger partial charge in [0, 0.05) is 32.0 Å². The van der Waals surface area contributed by atoms with Crippen molar-refractivity contribution in [3.05, 3.63) is 25.3 Å². The van der Waals surface area contributed by atoms with Crippen molar-refractivity contribution >= 4 is 11.9 Å². The second kappa shape index (κ2) is 29.3. The molecule has 0 aliphatic rings. The topological polar surface area (TPSA) is 145 Å². The van der Waals surface area contributed by atoms with E-state index in [4.69, 9.17) is 30.3 Å². The molecule has 0 bridgehead atoms. The first kappa shape index (κ1) is 30.2. The van der Waals surface area contributed by atoms with E-state index in [9.17, 15) is 9.59 Å². The van der Waals surface area contributed by atoms with E-state index in [0.717, 1.165) is 38.2 Å². The Morgan fingerprint density at radius 1 is 1.00 bits per heavy atom. The molecule has 5 N–H and O–H groups in total. The van der Waals surface area contributed by atoms with Crippen molar-refractivity contribution in [3.63, 3.8) is 0 Å². The molecule has 144 valence electrons. The third kappa shape index (κ3) is 59.3. The molecule has 0 spiro atoms. The van der Waals surface area contributed by atoms with Crippen LogP contribution >= 0.6 is 0 Å². The van der Waals surface area contributed by atoms with Gasteiger partial charge >= 0.3 is 11.9 Å². The third-order valence-electron chi connectivity index (χ3n) is 1.72. The number of carbonyl (C=O) groups is 2. The second-order valence-corrected chi connectivity index (χ2v) is 4.05. The fraction of sp³-hybridized carbons (Fsp3) is 0.625. The maximum absolute atomic E-state index is 9.25. The number of ether oxygens (including phenoxy) is 1. The molecule has 0 radical (unpaired) electrons.